The van der Waals surface area contributed by atoms with Crippen molar-refractivity contribution in [2.75, 3.05) is 25.1 Å². The lowest BCUT2D eigenvalue weighted by Gasteiger charge is -2.31. The Labute approximate surface area is 163 Å². The number of piperidine rings is 1. The standard InChI is InChI=1S/C21H23N3O2S/c1-26-17-9-10-18-19(12-17)27-21(23-18)24-11-5-8-16(14-24)20(25)22-13-15-6-3-2-4-7-15/h2-4,6-7,9-10,12,16H,5,8,11,13-14H2,1H3,(H,22,25). The van der Waals surface area contributed by atoms with Crippen molar-refractivity contribution < 1.29 is 9.53 Å². The number of ether oxygens (including phenoxy) is 1. The number of fused-ring (bicyclic) bond motifs is 1. The van der Waals surface area contributed by atoms with Crippen molar-refractivity contribution in [1.82, 2.24) is 10.3 Å². The van der Waals surface area contributed by atoms with Crippen LogP contribution in [-0.4, -0.2) is 31.1 Å². The Bertz CT molecular complexity index is 926. The lowest BCUT2D eigenvalue weighted by atomic mass is 9.97. The largest absolute Gasteiger partial charge is 0.497 e. The summed E-state index contributed by atoms with van der Waals surface area (Å²) in [6.07, 6.45) is 1.93. The molecule has 1 aliphatic heterocycles. The molecule has 5 nitrogen and oxygen atoms in total. The number of hydrogen-bond acceptors (Lipinski definition) is 5. The summed E-state index contributed by atoms with van der Waals surface area (Å²) >= 11 is 1.66. The number of methoxy groups -OCH3 is 1. The van der Waals surface area contributed by atoms with Crippen molar-refractivity contribution in [3.8, 4) is 5.75 Å². The van der Waals surface area contributed by atoms with E-state index in [9.17, 15) is 4.79 Å². The van der Waals surface area contributed by atoms with Crippen molar-refractivity contribution in [3.05, 3.63) is 54.1 Å². The van der Waals surface area contributed by atoms with Gasteiger partial charge in [0.15, 0.2) is 5.13 Å². The van der Waals surface area contributed by atoms with Gasteiger partial charge in [0.05, 0.1) is 23.2 Å². The number of amides is 1. The molecule has 0 bridgehead atoms. The van der Waals surface area contributed by atoms with Crippen LogP contribution in [0, 0.1) is 5.92 Å². The first kappa shape index (κ1) is 17.8. The first-order valence-electron chi connectivity index (χ1n) is 9.24. The minimum Gasteiger partial charge on any atom is -0.497 e. The molecule has 1 saturated heterocycles. The summed E-state index contributed by atoms with van der Waals surface area (Å²) in [6, 6.07) is 16.0. The van der Waals surface area contributed by atoms with Gasteiger partial charge in [-0.2, -0.15) is 0 Å². The molecule has 1 atom stereocenters. The quantitative estimate of drug-likeness (QED) is 0.730. The number of thiazole rings is 1. The van der Waals surface area contributed by atoms with E-state index in [2.05, 4.69) is 10.2 Å². The Kier molecular flexibility index (Phi) is 5.25. The summed E-state index contributed by atoms with van der Waals surface area (Å²) in [5, 5.41) is 4.07. The van der Waals surface area contributed by atoms with Crippen LogP contribution < -0.4 is 15.0 Å². The number of benzene rings is 2. The van der Waals surface area contributed by atoms with E-state index in [0.29, 0.717) is 6.54 Å². The molecular weight excluding hydrogens is 358 g/mol. The highest BCUT2D eigenvalue weighted by Gasteiger charge is 2.27. The third-order valence-electron chi connectivity index (χ3n) is 4.96. The fraction of sp³-hybridized carbons (Fsp3) is 0.333. The van der Waals surface area contributed by atoms with Gasteiger partial charge in [0, 0.05) is 19.6 Å². The first-order chi connectivity index (χ1) is 13.2. The second-order valence-corrected chi connectivity index (χ2v) is 7.83. The molecule has 0 aliphatic carbocycles. The van der Waals surface area contributed by atoms with Crippen LogP contribution in [0.25, 0.3) is 10.2 Å². The summed E-state index contributed by atoms with van der Waals surface area (Å²) in [5.41, 5.74) is 2.10. The fourth-order valence-electron chi connectivity index (χ4n) is 3.45. The zero-order chi connectivity index (χ0) is 18.6. The lowest BCUT2D eigenvalue weighted by molar-refractivity contribution is -0.125. The predicted molar refractivity (Wildman–Crippen MR) is 109 cm³/mol. The van der Waals surface area contributed by atoms with Gasteiger partial charge in [0.2, 0.25) is 5.91 Å². The van der Waals surface area contributed by atoms with E-state index < -0.39 is 0 Å². The predicted octanol–water partition coefficient (Wildman–Crippen LogP) is 3.84. The van der Waals surface area contributed by atoms with E-state index in [4.69, 9.17) is 9.72 Å². The Hall–Kier alpha value is -2.60. The molecule has 0 spiro atoms. The van der Waals surface area contributed by atoms with Gasteiger partial charge in [-0.1, -0.05) is 41.7 Å². The first-order valence-corrected chi connectivity index (χ1v) is 10.1. The van der Waals surface area contributed by atoms with Crippen molar-refractivity contribution in [1.29, 1.82) is 0 Å². The highest BCUT2D eigenvalue weighted by Crippen LogP contribution is 2.33. The zero-order valence-electron chi connectivity index (χ0n) is 15.4. The van der Waals surface area contributed by atoms with Gasteiger partial charge in [-0.15, -0.1) is 0 Å². The molecule has 2 heterocycles. The van der Waals surface area contributed by atoms with Gasteiger partial charge < -0.3 is 15.0 Å². The smallest absolute Gasteiger partial charge is 0.225 e. The SMILES string of the molecule is COc1ccc2nc(N3CCCC(C(=O)NCc4ccccc4)C3)sc2c1. The summed E-state index contributed by atoms with van der Waals surface area (Å²) < 4.78 is 6.41. The molecule has 0 radical (unpaired) electrons. The number of rotatable bonds is 5. The maximum absolute atomic E-state index is 12.6. The number of nitrogens with one attached hydrogen (secondary N) is 1. The van der Waals surface area contributed by atoms with Crippen molar-refractivity contribution in [2.24, 2.45) is 5.92 Å². The Morgan fingerprint density at radius 2 is 2.15 bits per heavy atom. The van der Waals surface area contributed by atoms with Crippen LogP contribution in [0.4, 0.5) is 5.13 Å². The van der Waals surface area contributed by atoms with Crippen LogP contribution in [-0.2, 0) is 11.3 Å². The minimum atomic E-state index is 0.00371. The van der Waals surface area contributed by atoms with Gasteiger partial charge in [0.25, 0.3) is 0 Å². The second-order valence-electron chi connectivity index (χ2n) is 6.82. The lowest BCUT2D eigenvalue weighted by Crippen LogP contribution is -2.42. The van der Waals surface area contributed by atoms with Crippen LogP contribution in [0.15, 0.2) is 48.5 Å². The van der Waals surface area contributed by atoms with Crippen LogP contribution in [0.1, 0.15) is 18.4 Å². The summed E-state index contributed by atoms with van der Waals surface area (Å²) in [6.45, 7) is 2.24. The molecule has 4 rings (SSSR count). The van der Waals surface area contributed by atoms with E-state index in [1.54, 1.807) is 18.4 Å². The third kappa shape index (κ3) is 4.06. The van der Waals surface area contributed by atoms with Crippen LogP contribution >= 0.6 is 11.3 Å². The van der Waals surface area contributed by atoms with Crippen molar-refractivity contribution in [2.45, 2.75) is 19.4 Å². The molecule has 1 unspecified atom stereocenters. The summed E-state index contributed by atoms with van der Waals surface area (Å²) in [5.74, 6) is 0.977. The molecule has 1 aliphatic rings. The molecule has 1 amide bonds. The van der Waals surface area contributed by atoms with E-state index in [1.807, 2.05) is 48.5 Å². The van der Waals surface area contributed by atoms with Crippen LogP contribution in [0.5, 0.6) is 5.75 Å². The fourth-order valence-corrected chi connectivity index (χ4v) is 4.48. The van der Waals surface area contributed by atoms with Crippen molar-refractivity contribution >= 4 is 32.6 Å². The number of aromatic nitrogens is 1. The molecule has 1 fully saturated rings. The molecule has 3 aromatic rings. The Morgan fingerprint density at radius 1 is 1.30 bits per heavy atom. The van der Waals surface area contributed by atoms with Gasteiger partial charge in [-0.3, -0.25) is 4.79 Å². The normalized spacial score (nSPS) is 17.1. The molecule has 6 heteroatoms. The molecule has 2 aromatic carbocycles. The highest BCUT2D eigenvalue weighted by atomic mass is 32.1. The second kappa shape index (κ2) is 7.96. The molecule has 140 valence electrons. The number of hydrogen-bond donors (Lipinski definition) is 1. The van der Waals surface area contributed by atoms with Crippen LogP contribution in [0.2, 0.25) is 0 Å². The van der Waals surface area contributed by atoms with Crippen LogP contribution in [0.3, 0.4) is 0 Å². The monoisotopic (exact) mass is 381 g/mol. The maximum atomic E-state index is 12.6. The maximum Gasteiger partial charge on any atom is 0.225 e. The van der Waals surface area contributed by atoms with E-state index in [-0.39, 0.29) is 11.8 Å². The van der Waals surface area contributed by atoms with Gasteiger partial charge in [-0.05, 0) is 36.6 Å². The minimum absolute atomic E-state index is 0.00371. The summed E-state index contributed by atoms with van der Waals surface area (Å²) in [4.78, 5) is 19.6. The van der Waals surface area contributed by atoms with Gasteiger partial charge >= 0.3 is 0 Å². The van der Waals surface area contributed by atoms with Gasteiger partial charge in [-0.25, -0.2) is 4.98 Å². The van der Waals surface area contributed by atoms with Gasteiger partial charge in [0.1, 0.15) is 5.75 Å². The average molecular weight is 382 g/mol. The van der Waals surface area contributed by atoms with Crippen molar-refractivity contribution in [3.63, 3.8) is 0 Å². The molecular formula is C21H23N3O2S. The third-order valence-corrected chi connectivity index (χ3v) is 6.04. The van der Waals surface area contributed by atoms with E-state index >= 15 is 0 Å². The number of carbonyl (C=O) groups is 1. The topological polar surface area (TPSA) is 54.5 Å². The molecule has 1 aromatic heterocycles. The Balaban J connectivity index is 1.42. The zero-order valence-corrected chi connectivity index (χ0v) is 16.2. The molecule has 0 saturated carbocycles. The number of nitrogens with zero attached hydrogens (tertiary/aromatic N) is 2. The summed E-state index contributed by atoms with van der Waals surface area (Å²) in [7, 11) is 1.67. The molecule has 27 heavy (non-hydrogen) atoms. The Morgan fingerprint density at radius 3 is 2.96 bits per heavy atom. The highest BCUT2D eigenvalue weighted by molar-refractivity contribution is 7.22. The van der Waals surface area contributed by atoms with E-state index in [1.165, 1.54) is 0 Å². The average Bonchev–Trinajstić information content (AvgIpc) is 3.16. The number of anilines is 1. The number of carbonyl (C=O) groups excluding carboxylic acids is 1. The molecule has 1 N–H and O–H groups in total. The van der Waals surface area contributed by atoms with E-state index in [0.717, 1.165) is 52.6 Å².